The molecule has 2 N–H and O–H groups in total. The second-order valence-corrected chi connectivity index (χ2v) is 4.51. The van der Waals surface area contributed by atoms with Gasteiger partial charge in [0.15, 0.2) is 0 Å². The average molecular weight is 240 g/mol. The van der Waals surface area contributed by atoms with Gasteiger partial charge in [-0.15, -0.1) is 0 Å². The smallest absolute Gasteiger partial charge is 0.228 e. The van der Waals surface area contributed by atoms with Crippen molar-refractivity contribution in [1.29, 1.82) is 0 Å². The van der Waals surface area contributed by atoms with E-state index in [2.05, 4.69) is 4.98 Å². The molecule has 1 atom stereocenters. The second kappa shape index (κ2) is 4.39. The molecular weight excluding hydrogens is 226 g/mol. The van der Waals surface area contributed by atoms with E-state index in [0.717, 1.165) is 5.56 Å². The van der Waals surface area contributed by atoms with Gasteiger partial charge in [0.1, 0.15) is 5.82 Å². The van der Waals surface area contributed by atoms with Crippen LogP contribution < -0.4 is 10.6 Å². The number of carbonyl (C=O) groups excluding carboxylic acids is 1. The molecule has 0 aliphatic carbocycles. The van der Waals surface area contributed by atoms with Crippen LogP contribution in [0.25, 0.3) is 0 Å². The Kier molecular flexibility index (Phi) is 3.12. The highest BCUT2D eigenvalue weighted by atomic mass is 35.5. The summed E-state index contributed by atoms with van der Waals surface area (Å²) in [5, 5.41) is 0.616. The predicted octanol–water partition coefficient (Wildman–Crippen LogP) is 1.36. The Morgan fingerprint density at radius 2 is 2.44 bits per heavy atom. The average Bonchev–Trinajstić information content (AvgIpc) is 2.64. The van der Waals surface area contributed by atoms with Crippen LogP contribution >= 0.6 is 11.6 Å². The third kappa shape index (κ3) is 2.03. The Morgan fingerprint density at radius 1 is 1.69 bits per heavy atom. The Balaban J connectivity index is 2.24. The quantitative estimate of drug-likeness (QED) is 0.848. The van der Waals surface area contributed by atoms with E-state index in [1.165, 1.54) is 0 Å². The molecular formula is C11H14ClN3O. The van der Waals surface area contributed by atoms with Crippen LogP contribution in [0.15, 0.2) is 12.3 Å². The minimum atomic E-state index is 0.0877. The standard InChI is InChI=1S/C11H14ClN3O/c1-7-2-10(14-5-9(7)12)15-6-8(4-13)3-11(15)16/h2,5,8H,3-4,6,13H2,1H3. The Morgan fingerprint density at radius 3 is 3.00 bits per heavy atom. The van der Waals surface area contributed by atoms with E-state index in [1.54, 1.807) is 11.1 Å². The molecule has 0 radical (unpaired) electrons. The van der Waals surface area contributed by atoms with Gasteiger partial charge in [-0.1, -0.05) is 11.6 Å². The molecule has 2 rings (SSSR count). The van der Waals surface area contributed by atoms with Crippen LogP contribution in [0, 0.1) is 12.8 Å². The van der Waals surface area contributed by atoms with Crippen LogP contribution in [0.3, 0.4) is 0 Å². The second-order valence-electron chi connectivity index (χ2n) is 4.10. The zero-order valence-corrected chi connectivity index (χ0v) is 9.87. The molecule has 1 saturated heterocycles. The SMILES string of the molecule is Cc1cc(N2CC(CN)CC2=O)ncc1Cl. The number of nitrogens with zero attached hydrogens (tertiary/aromatic N) is 2. The number of carbonyl (C=O) groups is 1. The summed E-state index contributed by atoms with van der Waals surface area (Å²) in [7, 11) is 0. The Labute approximate surface area is 99.4 Å². The van der Waals surface area contributed by atoms with Crippen LogP contribution in [0.1, 0.15) is 12.0 Å². The first-order chi connectivity index (χ1) is 7.61. The summed E-state index contributed by atoms with van der Waals surface area (Å²) >= 11 is 5.89. The predicted molar refractivity (Wildman–Crippen MR) is 63.5 cm³/mol. The lowest BCUT2D eigenvalue weighted by atomic mass is 10.1. The third-order valence-corrected chi connectivity index (χ3v) is 3.24. The normalized spacial score (nSPS) is 20.6. The molecule has 0 bridgehead atoms. The Bertz CT molecular complexity index is 422. The van der Waals surface area contributed by atoms with Crippen molar-refractivity contribution in [2.24, 2.45) is 11.7 Å². The molecule has 1 unspecified atom stereocenters. The Hall–Kier alpha value is -1.13. The minimum Gasteiger partial charge on any atom is -0.330 e. The lowest BCUT2D eigenvalue weighted by molar-refractivity contribution is -0.117. The zero-order valence-electron chi connectivity index (χ0n) is 9.11. The van der Waals surface area contributed by atoms with Crippen LogP contribution in [0.4, 0.5) is 5.82 Å². The summed E-state index contributed by atoms with van der Waals surface area (Å²) in [6.45, 7) is 3.09. The third-order valence-electron chi connectivity index (χ3n) is 2.85. The number of aromatic nitrogens is 1. The molecule has 1 aliphatic rings. The molecule has 0 spiro atoms. The fourth-order valence-corrected chi connectivity index (χ4v) is 1.94. The van der Waals surface area contributed by atoms with E-state index in [4.69, 9.17) is 17.3 Å². The maximum atomic E-state index is 11.7. The fourth-order valence-electron chi connectivity index (χ4n) is 1.83. The zero-order chi connectivity index (χ0) is 11.7. The van der Waals surface area contributed by atoms with Gasteiger partial charge in [0.2, 0.25) is 5.91 Å². The van der Waals surface area contributed by atoms with Gasteiger partial charge in [-0.25, -0.2) is 4.98 Å². The summed E-state index contributed by atoms with van der Waals surface area (Å²) in [4.78, 5) is 17.6. The highest BCUT2D eigenvalue weighted by Crippen LogP contribution is 2.25. The van der Waals surface area contributed by atoms with Crippen molar-refractivity contribution < 1.29 is 4.79 Å². The van der Waals surface area contributed by atoms with Crippen molar-refractivity contribution in [2.75, 3.05) is 18.0 Å². The van der Waals surface area contributed by atoms with Gasteiger partial charge in [-0.2, -0.15) is 0 Å². The summed E-state index contributed by atoms with van der Waals surface area (Å²) in [5.41, 5.74) is 6.50. The number of amides is 1. The lowest BCUT2D eigenvalue weighted by Gasteiger charge is -2.16. The van der Waals surface area contributed by atoms with Gasteiger partial charge in [-0.3, -0.25) is 9.69 Å². The molecule has 16 heavy (non-hydrogen) atoms. The number of pyridine rings is 1. The minimum absolute atomic E-state index is 0.0877. The molecule has 5 heteroatoms. The number of rotatable bonds is 2. The van der Waals surface area contributed by atoms with Crippen molar-refractivity contribution in [2.45, 2.75) is 13.3 Å². The monoisotopic (exact) mass is 239 g/mol. The van der Waals surface area contributed by atoms with Crippen molar-refractivity contribution in [3.63, 3.8) is 0 Å². The summed E-state index contributed by atoms with van der Waals surface area (Å²) in [5.74, 6) is 0.998. The maximum absolute atomic E-state index is 11.7. The van der Waals surface area contributed by atoms with E-state index in [9.17, 15) is 4.79 Å². The van der Waals surface area contributed by atoms with Crippen LogP contribution in [0.2, 0.25) is 5.02 Å². The number of hydrogen-bond acceptors (Lipinski definition) is 3. The molecule has 4 nitrogen and oxygen atoms in total. The van der Waals surface area contributed by atoms with Gasteiger partial charge in [-0.05, 0) is 31.0 Å². The highest BCUT2D eigenvalue weighted by Gasteiger charge is 2.30. The first kappa shape index (κ1) is 11.4. The summed E-state index contributed by atoms with van der Waals surface area (Å²) in [6, 6.07) is 1.83. The fraction of sp³-hybridized carbons (Fsp3) is 0.455. The van der Waals surface area contributed by atoms with Crippen molar-refractivity contribution in [1.82, 2.24) is 4.98 Å². The highest BCUT2D eigenvalue weighted by molar-refractivity contribution is 6.31. The number of halogens is 1. The van der Waals surface area contributed by atoms with Crippen molar-refractivity contribution in [3.05, 3.63) is 22.8 Å². The first-order valence-electron chi connectivity index (χ1n) is 5.24. The number of hydrogen-bond donors (Lipinski definition) is 1. The van der Waals surface area contributed by atoms with E-state index in [1.807, 2.05) is 13.0 Å². The number of aryl methyl sites for hydroxylation is 1. The summed E-state index contributed by atoms with van der Waals surface area (Å²) < 4.78 is 0. The van der Waals surface area contributed by atoms with Gasteiger partial charge in [0.05, 0.1) is 5.02 Å². The molecule has 0 aromatic carbocycles. The molecule has 1 aromatic rings. The first-order valence-corrected chi connectivity index (χ1v) is 5.62. The van der Waals surface area contributed by atoms with Crippen LogP contribution in [-0.4, -0.2) is 24.0 Å². The lowest BCUT2D eigenvalue weighted by Crippen LogP contribution is -2.26. The number of anilines is 1. The topological polar surface area (TPSA) is 59.2 Å². The molecule has 1 amide bonds. The van der Waals surface area contributed by atoms with Crippen molar-refractivity contribution in [3.8, 4) is 0 Å². The van der Waals surface area contributed by atoms with Gasteiger partial charge in [0, 0.05) is 19.2 Å². The molecule has 2 heterocycles. The van der Waals surface area contributed by atoms with Gasteiger partial charge >= 0.3 is 0 Å². The molecule has 86 valence electrons. The molecule has 1 aliphatic heterocycles. The van der Waals surface area contributed by atoms with E-state index in [0.29, 0.717) is 30.4 Å². The van der Waals surface area contributed by atoms with E-state index >= 15 is 0 Å². The summed E-state index contributed by atoms with van der Waals surface area (Å²) in [6.07, 6.45) is 2.09. The molecule has 1 fully saturated rings. The van der Waals surface area contributed by atoms with Gasteiger partial charge < -0.3 is 5.73 Å². The largest absolute Gasteiger partial charge is 0.330 e. The van der Waals surface area contributed by atoms with Crippen LogP contribution in [0.5, 0.6) is 0 Å². The maximum Gasteiger partial charge on any atom is 0.228 e. The van der Waals surface area contributed by atoms with Crippen molar-refractivity contribution >= 4 is 23.3 Å². The van der Waals surface area contributed by atoms with Gasteiger partial charge in [0.25, 0.3) is 0 Å². The van der Waals surface area contributed by atoms with Crippen LogP contribution in [-0.2, 0) is 4.79 Å². The molecule has 0 saturated carbocycles. The van der Waals surface area contributed by atoms with E-state index < -0.39 is 0 Å². The number of nitrogens with two attached hydrogens (primary N) is 1. The molecule has 1 aromatic heterocycles. The van der Waals surface area contributed by atoms with E-state index in [-0.39, 0.29) is 11.8 Å².